The lowest BCUT2D eigenvalue weighted by atomic mass is 9.87. The topological polar surface area (TPSA) is 29.5 Å². The number of para-hydroxylation sites is 3. The fourth-order valence-corrected chi connectivity index (χ4v) is 4.72. The molecule has 0 radical (unpaired) electrons. The second-order valence-electron chi connectivity index (χ2n) is 9.62. The Morgan fingerprint density at radius 2 is 1.03 bits per heavy atom. The maximum Gasteiger partial charge on any atom is 0.169 e. The lowest BCUT2D eigenvalue weighted by molar-refractivity contribution is 0.402. The monoisotopic (exact) mass is 452 g/mol. The third-order valence-electron chi connectivity index (χ3n) is 6.76. The van der Waals surface area contributed by atoms with Crippen molar-refractivity contribution < 1.29 is 9.84 Å². The van der Waals surface area contributed by atoms with Gasteiger partial charge >= 0.3 is 0 Å². The largest absolute Gasteiger partial charge is 0.504 e. The maximum atomic E-state index is 10.2. The molecule has 0 aromatic heterocycles. The number of rotatable bonds is 19. The van der Waals surface area contributed by atoms with Gasteiger partial charge in [0.25, 0.3) is 0 Å². The minimum absolute atomic E-state index is 0.197. The quantitative estimate of drug-likeness (QED) is 0.215. The molecule has 0 saturated heterocycles. The first-order chi connectivity index (χ1) is 16.3. The van der Waals surface area contributed by atoms with Crippen LogP contribution < -0.4 is 4.74 Å². The second-order valence-corrected chi connectivity index (χ2v) is 9.62. The zero-order valence-electron chi connectivity index (χ0n) is 21.4. The smallest absolute Gasteiger partial charge is 0.169 e. The summed E-state index contributed by atoms with van der Waals surface area (Å²) in [5, 5.41) is 10.2. The van der Waals surface area contributed by atoms with Gasteiger partial charge in [0.15, 0.2) is 11.5 Å². The summed E-state index contributed by atoms with van der Waals surface area (Å²) in [4.78, 5) is 0. The van der Waals surface area contributed by atoms with Crippen molar-refractivity contribution in [3.63, 3.8) is 0 Å². The number of benzene rings is 2. The van der Waals surface area contributed by atoms with Gasteiger partial charge in [-0.25, -0.2) is 0 Å². The van der Waals surface area contributed by atoms with Crippen molar-refractivity contribution in [2.75, 3.05) is 0 Å². The van der Waals surface area contributed by atoms with Crippen LogP contribution in [0.3, 0.4) is 0 Å². The molecule has 0 heterocycles. The summed E-state index contributed by atoms with van der Waals surface area (Å²) >= 11 is 0. The molecule has 0 spiro atoms. The maximum absolute atomic E-state index is 10.2. The van der Waals surface area contributed by atoms with Gasteiger partial charge in [0.1, 0.15) is 5.75 Å². The first-order valence-electron chi connectivity index (χ1n) is 13.8. The van der Waals surface area contributed by atoms with Gasteiger partial charge in [-0.2, -0.15) is 0 Å². The highest BCUT2D eigenvalue weighted by atomic mass is 16.5. The Labute approximate surface area is 203 Å². The zero-order chi connectivity index (χ0) is 23.6. The highest BCUT2D eigenvalue weighted by molar-refractivity contribution is 5.45. The highest BCUT2D eigenvalue weighted by Gasteiger charge is 2.17. The summed E-state index contributed by atoms with van der Waals surface area (Å²) < 4.78 is 6.21. The van der Waals surface area contributed by atoms with Gasteiger partial charge in [0.2, 0.25) is 0 Å². The van der Waals surface area contributed by atoms with Crippen LogP contribution in [0.1, 0.15) is 128 Å². The highest BCUT2D eigenvalue weighted by Crippen LogP contribution is 2.38. The van der Waals surface area contributed by atoms with Crippen LogP contribution >= 0.6 is 0 Å². The molecule has 33 heavy (non-hydrogen) atoms. The predicted molar refractivity (Wildman–Crippen MR) is 143 cm³/mol. The molecular weight excluding hydrogens is 404 g/mol. The van der Waals surface area contributed by atoms with Crippen LogP contribution in [0.15, 0.2) is 48.5 Å². The average molecular weight is 453 g/mol. The molecule has 2 heteroatoms. The van der Waals surface area contributed by atoms with Gasteiger partial charge < -0.3 is 9.84 Å². The van der Waals surface area contributed by atoms with Gasteiger partial charge in [-0.1, -0.05) is 134 Å². The Bertz CT molecular complexity index is 721. The molecule has 2 rings (SSSR count). The fraction of sp³-hybridized carbons (Fsp3) is 0.613. The Morgan fingerprint density at radius 3 is 1.58 bits per heavy atom. The standard InChI is InChI=1S/C31H48O2/c1-3-5-7-9-11-13-15-21-27(22-16-14-12-10-8-6-4-2)28-23-17-19-25-30(28)33-31-26-20-18-24-29(31)32/h17-20,23-27,32H,3-16,21-22H2,1-2H3. The minimum atomic E-state index is 0.197. The lowest BCUT2D eigenvalue weighted by Crippen LogP contribution is -2.02. The number of aromatic hydroxyl groups is 1. The van der Waals surface area contributed by atoms with Gasteiger partial charge in [0.05, 0.1) is 0 Å². The van der Waals surface area contributed by atoms with Crippen molar-refractivity contribution in [2.24, 2.45) is 0 Å². The van der Waals surface area contributed by atoms with Crippen molar-refractivity contribution in [3.8, 4) is 17.2 Å². The molecule has 0 saturated carbocycles. The molecular formula is C31H48O2. The summed E-state index contributed by atoms with van der Waals surface area (Å²) in [5.41, 5.74) is 1.30. The molecule has 0 unspecified atom stereocenters. The van der Waals surface area contributed by atoms with Crippen molar-refractivity contribution in [3.05, 3.63) is 54.1 Å². The zero-order valence-corrected chi connectivity index (χ0v) is 21.4. The van der Waals surface area contributed by atoms with Crippen molar-refractivity contribution in [1.29, 1.82) is 0 Å². The number of unbranched alkanes of at least 4 members (excludes halogenated alkanes) is 12. The van der Waals surface area contributed by atoms with Gasteiger partial charge in [0, 0.05) is 0 Å². The van der Waals surface area contributed by atoms with Crippen LogP contribution in [0.2, 0.25) is 0 Å². The summed E-state index contributed by atoms with van der Waals surface area (Å²) in [6.07, 6.45) is 21.3. The number of ether oxygens (including phenoxy) is 1. The Morgan fingerprint density at radius 1 is 0.576 bits per heavy atom. The Hall–Kier alpha value is -1.96. The SMILES string of the molecule is CCCCCCCCCC(CCCCCCCCC)c1ccccc1Oc1ccccc1O. The average Bonchev–Trinajstić information content (AvgIpc) is 2.83. The fourth-order valence-electron chi connectivity index (χ4n) is 4.72. The number of hydrogen-bond acceptors (Lipinski definition) is 2. The number of hydrogen-bond donors (Lipinski definition) is 1. The molecule has 0 atom stereocenters. The number of phenols is 1. The van der Waals surface area contributed by atoms with Crippen molar-refractivity contribution in [1.82, 2.24) is 0 Å². The van der Waals surface area contributed by atoms with Crippen LogP contribution in [0.25, 0.3) is 0 Å². The third-order valence-corrected chi connectivity index (χ3v) is 6.76. The molecule has 0 aliphatic carbocycles. The molecule has 0 aliphatic heterocycles. The van der Waals surface area contributed by atoms with E-state index >= 15 is 0 Å². The molecule has 0 aliphatic rings. The van der Waals surface area contributed by atoms with E-state index in [9.17, 15) is 5.11 Å². The van der Waals surface area contributed by atoms with Gasteiger partial charge in [-0.3, -0.25) is 0 Å². The molecule has 0 amide bonds. The van der Waals surface area contributed by atoms with E-state index in [4.69, 9.17) is 4.74 Å². The normalized spacial score (nSPS) is 11.2. The van der Waals surface area contributed by atoms with Gasteiger partial charge in [-0.05, 0) is 42.5 Å². The minimum Gasteiger partial charge on any atom is -0.504 e. The van der Waals surface area contributed by atoms with E-state index in [2.05, 4.69) is 32.0 Å². The molecule has 2 aromatic rings. The molecule has 184 valence electrons. The second kappa shape index (κ2) is 17.5. The van der Waals surface area contributed by atoms with Gasteiger partial charge in [-0.15, -0.1) is 0 Å². The first-order valence-corrected chi connectivity index (χ1v) is 13.8. The van der Waals surface area contributed by atoms with Crippen LogP contribution in [0, 0.1) is 0 Å². The number of phenolic OH excluding ortho intramolecular Hbond substituents is 1. The van der Waals surface area contributed by atoms with E-state index in [0.717, 1.165) is 5.75 Å². The lowest BCUT2D eigenvalue weighted by Gasteiger charge is -2.21. The summed E-state index contributed by atoms with van der Waals surface area (Å²) in [6, 6.07) is 15.7. The molecule has 2 aromatic carbocycles. The van der Waals surface area contributed by atoms with Crippen LogP contribution in [-0.4, -0.2) is 5.11 Å². The van der Waals surface area contributed by atoms with Crippen LogP contribution in [0.4, 0.5) is 0 Å². The van der Waals surface area contributed by atoms with Crippen LogP contribution in [0.5, 0.6) is 17.2 Å². The Kier molecular flexibility index (Phi) is 14.5. The van der Waals surface area contributed by atoms with E-state index in [1.54, 1.807) is 6.07 Å². The summed E-state index contributed by atoms with van der Waals surface area (Å²) in [5.74, 6) is 2.16. The third kappa shape index (κ3) is 11.1. The van der Waals surface area contributed by atoms with E-state index in [0.29, 0.717) is 11.7 Å². The molecule has 0 bridgehead atoms. The van der Waals surface area contributed by atoms with Crippen LogP contribution in [-0.2, 0) is 0 Å². The summed E-state index contributed by atoms with van der Waals surface area (Å²) in [6.45, 7) is 4.56. The molecule has 2 nitrogen and oxygen atoms in total. The predicted octanol–water partition coefficient (Wildman–Crippen LogP) is 10.5. The van der Waals surface area contributed by atoms with Crippen molar-refractivity contribution in [2.45, 2.75) is 122 Å². The summed E-state index contributed by atoms with van der Waals surface area (Å²) in [7, 11) is 0. The first kappa shape index (κ1) is 27.3. The van der Waals surface area contributed by atoms with Crippen molar-refractivity contribution >= 4 is 0 Å². The van der Waals surface area contributed by atoms with E-state index in [1.165, 1.54) is 108 Å². The van der Waals surface area contributed by atoms with E-state index < -0.39 is 0 Å². The van der Waals surface area contributed by atoms with E-state index in [-0.39, 0.29) is 5.75 Å². The molecule has 0 fully saturated rings. The molecule has 1 N–H and O–H groups in total. The van der Waals surface area contributed by atoms with E-state index in [1.807, 2.05) is 24.3 Å². The Balaban J connectivity index is 1.97.